The molecule has 3 saturated heterocycles. The van der Waals surface area contributed by atoms with Crippen LogP contribution >= 0.6 is 0 Å². The fraction of sp³-hybridized carbons (Fsp3) is 0.867. The quantitative estimate of drug-likeness (QED) is 0.726. The minimum absolute atomic E-state index is 0.0764. The lowest BCUT2D eigenvalue weighted by atomic mass is 9.84. The molecule has 0 spiro atoms. The number of fused-ring (bicyclic) bond motifs is 3. The average molecular weight is 295 g/mol. The van der Waals surface area contributed by atoms with Crippen molar-refractivity contribution >= 4 is 12.0 Å². The van der Waals surface area contributed by atoms with Gasteiger partial charge in [-0.15, -0.1) is 0 Å². The van der Waals surface area contributed by atoms with E-state index in [-0.39, 0.29) is 24.0 Å². The largest absolute Gasteiger partial charge is 0.481 e. The van der Waals surface area contributed by atoms with Gasteiger partial charge in [-0.05, 0) is 57.5 Å². The number of hydrogen-bond acceptors (Lipinski definition) is 3. The molecular weight excluding hydrogens is 270 g/mol. The minimum Gasteiger partial charge on any atom is -0.481 e. The molecule has 1 atom stereocenters. The van der Waals surface area contributed by atoms with Crippen LogP contribution in [-0.4, -0.2) is 53.7 Å². The van der Waals surface area contributed by atoms with Gasteiger partial charge in [0.15, 0.2) is 0 Å². The maximum absolute atomic E-state index is 12.1. The van der Waals surface area contributed by atoms with Crippen LogP contribution in [0.5, 0.6) is 0 Å². The second-order valence-electron chi connectivity index (χ2n) is 6.75. The van der Waals surface area contributed by atoms with E-state index in [1.165, 1.54) is 25.9 Å². The number of rotatable bonds is 3. The van der Waals surface area contributed by atoms with Crippen molar-refractivity contribution in [3.63, 3.8) is 0 Å². The Bertz CT molecular complexity index is 399. The molecule has 0 aromatic heterocycles. The predicted molar refractivity (Wildman–Crippen MR) is 78.0 cm³/mol. The molecule has 4 rings (SSSR count). The van der Waals surface area contributed by atoms with E-state index >= 15 is 0 Å². The summed E-state index contributed by atoms with van der Waals surface area (Å²) in [5.41, 5.74) is 0. The third-order valence-electron chi connectivity index (χ3n) is 5.38. The lowest BCUT2D eigenvalue weighted by Gasteiger charge is -2.45. The van der Waals surface area contributed by atoms with Gasteiger partial charge in [0.05, 0.1) is 5.92 Å². The third-order valence-corrected chi connectivity index (χ3v) is 5.38. The summed E-state index contributed by atoms with van der Waals surface area (Å²) < 4.78 is 0. The Labute approximate surface area is 125 Å². The van der Waals surface area contributed by atoms with Crippen molar-refractivity contribution in [1.82, 2.24) is 15.5 Å². The predicted octanol–water partition coefficient (Wildman–Crippen LogP) is 1.02. The maximum atomic E-state index is 12.1. The number of urea groups is 1. The van der Waals surface area contributed by atoms with Gasteiger partial charge in [-0.3, -0.25) is 4.79 Å². The minimum atomic E-state index is -0.704. The molecule has 6 nitrogen and oxygen atoms in total. The zero-order chi connectivity index (χ0) is 14.8. The average Bonchev–Trinajstić information content (AvgIpc) is 2.49. The fourth-order valence-electron chi connectivity index (χ4n) is 4.01. The zero-order valence-corrected chi connectivity index (χ0v) is 12.4. The molecule has 0 radical (unpaired) electrons. The molecule has 2 bridgehead atoms. The SMILES string of the molecule is O=C(NC1CCC(C(=O)O)CC1)NC1CN2CCC1CC2. The third kappa shape index (κ3) is 3.48. The van der Waals surface area contributed by atoms with Gasteiger partial charge < -0.3 is 20.6 Å². The van der Waals surface area contributed by atoms with Crippen molar-refractivity contribution in [3.05, 3.63) is 0 Å². The first-order valence-corrected chi connectivity index (χ1v) is 8.14. The van der Waals surface area contributed by atoms with Crippen LogP contribution in [0.3, 0.4) is 0 Å². The van der Waals surface area contributed by atoms with E-state index in [4.69, 9.17) is 5.11 Å². The van der Waals surface area contributed by atoms with Crippen LogP contribution in [0.1, 0.15) is 38.5 Å². The van der Waals surface area contributed by atoms with E-state index in [1.54, 1.807) is 0 Å². The topological polar surface area (TPSA) is 81.7 Å². The summed E-state index contributed by atoms with van der Waals surface area (Å²) in [6, 6.07) is 0.331. The summed E-state index contributed by atoms with van der Waals surface area (Å²) >= 11 is 0. The molecule has 118 valence electrons. The number of carbonyl (C=O) groups is 2. The van der Waals surface area contributed by atoms with Crippen LogP contribution in [0.4, 0.5) is 4.79 Å². The van der Waals surface area contributed by atoms with Gasteiger partial charge in [-0.1, -0.05) is 0 Å². The van der Waals surface area contributed by atoms with Crippen molar-refractivity contribution in [2.24, 2.45) is 11.8 Å². The summed E-state index contributed by atoms with van der Waals surface area (Å²) in [5, 5.41) is 15.1. The second-order valence-corrected chi connectivity index (χ2v) is 6.75. The molecule has 4 aliphatic rings. The van der Waals surface area contributed by atoms with Gasteiger partial charge >= 0.3 is 12.0 Å². The van der Waals surface area contributed by atoms with Crippen molar-refractivity contribution in [2.75, 3.05) is 19.6 Å². The summed E-state index contributed by atoms with van der Waals surface area (Å²) in [7, 11) is 0. The number of hydrogen-bond donors (Lipinski definition) is 3. The molecule has 1 aliphatic carbocycles. The van der Waals surface area contributed by atoms with Gasteiger partial charge in [0.25, 0.3) is 0 Å². The van der Waals surface area contributed by atoms with Crippen molar-refractivity contribution in [3.8, 4) is 0 Å². The highest BCUT2D eigenvalue weighted by molar-refractivity contribution is 5.75. The van der Waals surface area contributed by atoms with E-state index in [0.717, 1.165) is 19.4 Å². The van der Waals surface area contributed by atoms with Gasteiger partial charge in [0, 0.05) is 18.6 Å². The Morgan fingerprint density at radius 1 is 0.952 bits per heavy atom. The molecular formula is C15H25N3O3. The number of nitrogens with zero attached hydrogens (tertiary/aromatic N) is 1. The normalized spacial score (nSPS) is 38.8. The van der Waals surface area contributed by atoms with Crippen LogP contribution in [-0.2, 0) is 4.79 Å². The number of carboxylic acid groups (broad SMARTS) is 1. The molecule has 3 heterocycles. The van der Waals surface area contributed by atoms with Crippen molar-refractivity contribution < 1.29 is 14.7 Å². The molecule has 2 amide bonds. The van der Waals surface area contributed by atoms with Crippen molar-refractivity contribution in [2.45, 2.75) is 50.6 Å². The van der Waals surface area contributed by atoms with Crippen molar-refractivity contribution in [1.29, 1.82) is 0 Å². The lowest BCUT2D eigenvalue weighted by molar-refractivity contribution is -0.142. The standard InChI is InChI=1S/C15H25N3O3/c19-14(20)11-1-3-12(4-2-11)16-15(21)17-13-9-18-7-5-10(13)6-8-18/h10-13H,1-9H2,(H,19,20)(H2,16,17,21). The number of piperidine rings is 3. The van der Waals surface area contributed by atoms with E-state index in [9.17, 15) is 9.59 Å². The monoisotopic (exact) mass is 295 g/mol. The Morgan fingerprint density at radius 2 is 1.62 bits per heavy atom. The highest BCUT2D eigenvalue weighted by Gasteiger charge is 2.35. The molecule has 0 aromatic rings. The van der Waals surface area contributed by atoms with Crippen LogP contribution in [0, 0.1) is 11.8 Å². The molecule has 3 aliphatic heterocycles. The molecule has 1 unspecified atom stereocenters. The number of amides is 2. The first-order chi connectivity index (χ1) is 10.1. The Hall–Kier alpha value is -1.30. The molecule has 6 heteroatoms. The zero-order valence-electron chi connectivity index (χ0n) is 12.4. The first kappa shape index (κ1) is 14.6. The fourth-order valence-corrected chi connectivity index (χ4v) is 4.01. The van der Waals surface area contributed by atoms with Crippen LogP contribution < -0.4 is 10.6 Å². The van der Waals surface area contributed by atoms with Crippen LogP contribution in [0.15, 0.2) is 0 Å². The molecule has 1 saturated carbocycles. The highest BCUT2D eigenvalue weighted by atomic mass is 16.4. The number of aliphatic carboxylic acids is 1. The molecule has 4 fully saturated rings. The molecule has 3 N–H and O–H groups in total. The molecule has 21 heavy (non-hydrogen) atoms. The van der Waals surface area contributed by atoms with E-state index in [1.807, 2.05) is 0 Å². The Morgan fingerprint density at radius 3 is 2.14 bits per heavy atom. The number of carboxylic acids is 1. The van der Waals surface area contributed by atoms with Gasteiger partial charge in [-0.25, -0.2) is 4.79 Å². The van der Waals surface area contributed by atoms with E-state index < -0.39 is 5.97 Å². The first-order valence-electron chi connectivity index (χ1n) is 8.14. The van der Waals surface area contributed by atoms with E-state index in [0.29, 0.717) is 18.8 Å². The summed E-state index contributed by atoms with van der Waals surface area (Å²) in [6.45, 7) is 3.32. The smallest absolute Gasteiger partial charge is 0.315 e. The Balaban J connectivity index is 1.42. The van der Waals surface area contributed by atoms with Gasteiger partial charge in [-0.2, -0.15) is 0 Å². The van der Waals surface area contributed by atoms with Crippen LogP contribution in [0.2, 0.25) is 0 Å². The lowest BCUT2D eigenvalue weighted by Crippen LogP contribution is -2.59. The summed E-state index contributed by atoms with van der Waals surface area (Å²) in [5.74, 6) is -0.304. The molecule has 0 aromatic carbocycles. The van der Waals surface area contributed by atoms with Gasteiger partial charge in [0.2, 0.25) is 0 Å². The highest BCUT2D eigenvalue weighted by Crippen LogP contribution is 2.28. The van der Waals surface area contributed by atoms with Crippen LogP contribution in [0.25, 0.3) is 0 Å². The second kappa shape index (κ2) is 6.22. The maximum Gasteiger partial charge on any atom is 0.315 e. The van der Waals surface area contributed by atoms with E-state index in [2.05, 4.69) is 15.5 Å². The summed E-state index contributed by atoms with van der Waals surface area (Å²) in [6.07, 6.45) is 5.25. The van der Waals surface area contributed by atoms with Gasteiger partial charge in [0.1, 0.15) is 0 Å². The summed E-state index contributed by atoms with van der Waals surface area (Å²) in [4.78, 5) is 25.4. The number of nitrogens with one attached hydrogen (secondary N) is 2. The Kier molecular flexibility index (Phi) is 4.33. The number of carbonyl (C=O) groups excluding carboxylic acids is 1.